The van der Waals surface area contributed by atoms with Crippen molar-refractivity contribution in [1.82, 2.24) is 15.7 Å². The highest BCUT2D eigenvalue weighted by Crippen LogP contribution is 2.26. The highest BCUT2D eigenvalue weighted by Gasteiger charge is 2.35. The molecule has 4 rings (SSSR count). The Bertz CT molecular complexity index is 1740. The van der Waals surface area contributed by atoms with E-state index in [9.17, 15) is 38.4 Å². The number of fused-ring (bicyclic) bond motifs is 2. The maximum absolute atomic E-state index is 13.4. The third-order valence-electron chi connectivity index (χ3n) is 8.39. The topological polar surface area (TPSA) is 176 Å². The summed E-state index contributed by atoms with van der Waals surface area (Å²) in [7, 11) is 0. The summed E-state index contributed by atoms with van der Waals surface area (Å²) in [5.74, 6) is 0.736. The van der Waals surface area contributed by atoms with Crippen molar-refractivity contribution >= 4 is 52.8 Å². The number of para-hydroxylation sites is 1. The van der Waals surface area contributed by atoms with Crippen molar-refractivity contribution in [3.63, 3.8) is 0 Å². The number of amides is 5. The fraction of sp³-hybridized carbons (Fsp3) is 0.405. The Morgan fingerprint density at radius 3 is 2.12 bits per heavy atom. The van der Waals surface area contributed by atoms with Gasteiger partial charge in [-0.25, -0.2) is 4.79 Å². The largest absolute Gasteiger partial charge is 0.354 e. The summed E-state index contributed by atoms with van der Waals surface area (Å²) in [5.41, 5.74) is 3.09. The Kier molecular flexibility index (Phi) is 12.8. The molecule has 5 amide bonds. The molecule has 0 aliphatic carbocycles. The number of ketones is 2. The molecule has 0 saturated carbocycles. The van der Waals surface area contributed by atoms with Crippen LogP contribution in [0.5, 0.6) is 0 Å². The molecule has 0 aromatic heterocycles. The van der Waals surface area contributed by atoms with Crippen LogP contribution < -0.4 is 15.5 Å². The molecule has 2 aromatic carbocycles. The summed E-state index contributed by atoms with van der Waals surface area (Å²) in [5, 5.41) is 5.31. The van der Waals surface area contributed by atoms with E-state index in [0.29, 0.717) is 22.9 Å². The molecule has 2 aliphatic heterocycles. The lowest BCUT2D eigenvalue weighted by atomic mass is 9.89. The van der Waals surface area contributed by atoms with E-state index in [-0.39, 0.29) is 69.1 Å². The summed E-state index contributed by atoms with van der Waals surface area (Å²) >= 11 is 0. The number of hydroxylamine groups is 2. The van der Waals surface area contributed by atoms with Gasteiger partial charge in [-0.05, 0) is 36.6 Å². The molecule has 1 fully saturated rings. The van der Waals surface area contributed by atoms with Gasteiger partial charge in [-0.3, -0.25) is 33.6 Å². The molecular weight excluding hydrogens is 644 g/mol. The van der Waals surface area contributed by atoms with Crippen molar-refractivity contribution in [2.45, 2.75) is 78.3 Å². The first kappa shape index (κ1) is 37.2. The standard InChI is InChI=1S/C37H40N4O9/c1-23(2)30(36(48)39-24(3)37(49)50-41-34(46)18-19-35(41)47)20-29(43)21-38-32(44)16-14-28(42)15-17-33(45)40-22-27-10-5-4-8-25(27)12-13-26-9-6-7-11-31(26)40/h4-11,23-24,30H,14-22H2,1-3H3,(H,38,44)(H,39,48)/t24-,30-/m0/s1. The SMILES string of the molecule is CC(C)[C@H](CC(=O)CNC(=O)CCC(=O)CCC(=O)N1Cc2ccccc2C#Cc2ccccc21)C(=O)N[C@@H](C)C(=O)ON1C(=O)CCC1=O. The molecular formula is C37H40N4O9. The van der Waals surface area contributed by atoms with Crippen molar-refractivity contribution in [3.8, 4) is 11.8 Å². The molecule has 0 spiro atoms. The zero-order valence-electron chi connectivity index (χ0n) is 28.3. The number of carbonyl (C=O) groups is 8. The van der Waals surface area contributed by atoms with E-state index in [0.717, 1.165) is 11.1 Å². The summed E-state index contributed by atoms with van der Waals surface area (Å²) in [6.07, 6.45) is -0.764. The van der Waals surface area contributed by atoms with Gasteiger partial charge in [0.05, 0.1) is 18.8 Å². The molecule has 2 N–H and O–H groups in total. The van der Waals surface area contributed by atoms with Gasteiger partial charge in [0.1, 0.15) is 11.8 Å². The van der Waals surface area contributed by atoms with Gasteiger partial charge in [-0.15, -0.1) is 5.06 Å². The number of hydrogen-bond donors (Lipinski definition) is 2. The predicted octanol–water partition coefficient (Wildman–Crippen LogP) is 2.52. The maximum atomic E-state index is 13.4. The minimum atomic E-state index is -1.21. The minimum absolute atomic E-state index is 0.0492. The van der Waals surface area contributed by atoms with Crippen LogP contribution in [0.2, 0.25) is 0 Å². The zero-order valence-corrected chi connectivity index (χ0v) is 28.3. The van der Waals surface area contributed by atoms with Crippen LogP contribution in [0.1, 0.15) is 82.4 Å². The van der Waals surface area contributed by atoms with E-state index in [1.807, 2.05) is 48.5 Å². The van der Waals surface area contributed by atoms with Gasteiger partial charge >= 0.3 is 5.97 Å². The second-order valence-corrected chi connectivity index (χ2v) is 12.5. The summed E-state index contributed by atoms with van der Waals surface area (Å²) in [6.45, 7) is 4.70. The number of rotatable bonds is 15. The molecule has 0 bridgehead atoms. The van der Waals surface area contributed by atoms with Crippen LogP contribution in [-0.2, 0) is 49.7 Å². The summed E-state index contributed by atoms with van der Waals surface area (Å²) in [4.78, 5) is 106. The number of nitrogens with one attached hydrogen (secondary N) is 2. The van der Waals surface area contributed by atoms with Crippen LogP contribution in [0, 0.1) is 23.7 Å². The van der Waals surface area contributed by atoms with Crippen molar-refractivity contribution in [3.05, 3.63) is 65.2 Å². The molecule has 2 aliphatic rings. The van der Waals surface area contributed by atoms with Gasteiger partial charge in [0.15, 0.2) is 5.78 Å². The fourth-order valence-corrected chi connectivity index (χ4v) is 5.41. The Balaban J connectivity index is 1.20. The van der Waals surface area contributed by atoms with Crippen molar-refractivity contribution < 1.29 is 43.2 Å². The van der Waals surface area contributed by atoms with Gasteiger partial charge in [0.2, 0.25) is 17.7 Å². The first-order chi connectivity index (χ1) is 23.8. The van der Waals surface area contributed by atoms with Crippen molar-refractivity contribution in [2.75, 3.05) is 11.4 Å². The first-order valence-electron chi connectivity index (χ1n) is 16.5. The average molecular weight is 685 g/mol. The first-order valence-corrected chi connectivity index (χ1v) is 16.5. The fourth-order valence-electron chi connectivity index (χ4n) is 5.41. The molecule has 0 unspecified atom stereocenters. The smallest absolute Gasteiger partial charge is 0.349 e. The van der Waals surface area contributed by atoms with E-state index in [1.165, 1.54) is 6.92 Å². The summed E-state index contributed by atoms with van der Waals surface area (Å²) < 4.78 is 0. The highest BCUT2D eigenvalue weighted by molar-refractivity contribution is 6.02. The average Bonchev–Trinajstić information content (AvgIpc) is 3.40. The van der Waals surface area contributed by atoms with Gasteiger partial charge in [-0.1, -0.05) is 56.0 Å². The summed E-state index contributed by atoms with van der Waals surface area (Å²) in [6, 6.07) is 13.7. The molecule has 2 heterocycles. The van der Waals surface area contributed by atoms with Gasteiger partial charge in [0, 0.05) is 62.0 Å². The Morgan fingerprint density at radius 1 is 0.800 bits per heavy atom. The number of anilines is 1. The van der Waals surface area contributed by atoms with Crippen LogP contribution in [-0.4, -0.2) is 64.7 Å². The third kappa shape index (κ3) is 9.95. The number of imide groups is 1. The maximum Gasteiger partial charge on any atom is 0.354 e. The number of Topliss-reactive ketones (excluding diaryl/α,β-unsaturated/α-hetero) is 2. The van der Waals surface area contributed by atoms with E-state index in [1.54, 1.807) is 18.7 Å². The molecule has 13 heteroatoms. The molecule has 50 heavy (non-hydrogen) atoms. The zero-order chi connectivity index (χ0) is 36.4. The van der Waals surface area contributed by atoms with Crippen LogP contribution in [0.3, 0.4) is 0 Å². The molecule has 2 aromatic rings. The normalized spacial score (nSPS) is 14.6. The van der Waals surface area contributed by atoms with Crippen molar-refractivity contribution in [1.29, 1.82) is 0 Å². The minimum Gasteiger partial charge on any atom is -0.349 e. The Hall–Kier alpha value is -5.64. The number of carbonyl (C=O) groups excluding carboxylic acids is 8. The second kappa shape index (κ2) is 17.1. The number of hydrogen-bond acceptors (Lipinski definition) is 9. The Labute approximate surface area is 290 Å². The van der Waals surface area contributed by atoms with E-state index in [2.05, 4.69) is 22.5 Å². The number of nitrogens with zero attached hydrogens (tertiary/aromatic N) is 2. The molecule has 262 valence electrons. The molecule has 2 atom stereocenters. The molecule has 0 radical (unpaired) electrons. The van der Waals surface area contributed by atoms with Gasteiger partial charge < -0.3 is 20.4 Å². The van der Waals surface area contributed by atoms with E-state index in [4.69, 9.17) is 4.84 Å². The molecule has 13 nitrogen and oxygen atoms in total. The lowest BCUT2D eigenvalue weighted by molar-refractivity contribution is -0.198. The predicted molar refractivity (Wildman–Crippen MR) is 179 cm³/mol. The highest BCUT2D eigenvalue weighted by atomic mass is 16.7. The van der Waals surface area contributed by atoms with Gasteiger partial charge in [-0.2, -0.15) is 0 Å². The number of benzene rings is 2. The quantitative estimate of drug-likeness (QED) is 0.211. The van der Waals surface area contributed by atoms with Crippen LogP contribution >= 0.6 is 0 Å². The van der Waals surface area contributed by atoms with Gasteiger partial charge in [0.25, 0.3) is 11.8 Å². The lowest BCUT2D eigenvalue weighted by Crippen LogP contribution is -2.47. The second-order valence-electron chi connectivity index (χ2n) is 12.5. The molecule has 1 saturated heterocycles. The van der Waals surface area contributed by atoms with Crippen LogP contribution in [0.4, 0.5) is 5.69 Å². The van der Waals surface area contributed by atoms with Crippen molar-refractivity contribution in [2.24, 2.45) is 11.8 Å². The third-order valence-corrected chi connectivity index (χ3v) is 8.39. The van der Waals surface area contributed by atoms with E-state index < -0.39 is 47.3 Å². The van der Waals surface area contributed by atoms with E-state index >= 15 is 0 Å². The Morgan fingerprint density at radius 2 is 1.42 bits per heavy atom. The van der Waals surface area contributed by atoms with Crippen LogP contribution in [0.15, 0.2) is 48.5 Å². The lowest BCUT2D eigenvalue weighted by Gasteiger charge is -2.26. The monoisotopic (exact) mass is 684 g/mol. The van der Waals surface area contributed by atoms with Crippen LogP contribution in [0.25, 0.3) is 0 Å².